The van der Waals surface area contributed by atoms with Gasteiger partial charge in [0.1, 0.15) is 6.10 Å². The minimum atomic E-state index is -0.956. The third-order valence-electron chi connectivity index (χ3n) is 2.72. The van der Waals surface area contributed by atoms with Crippen LogP contribution in [0.15, 0.2) is 30.3 Å². The molecule has 5 heteroatoms. The van der Waals surface area contributed by atoms with E-state index < -0.39 is 18.2 Å². The van der Waals surface area contributed by atoms with Crippen molar-refractivity contribution in [2.45, 2.75) is 18.6 Å². The van der Waals surface area contributed by atoms with Gasteiger partial charge >= 0.3 is 5.97 Å². The first-order chi connectivity index (χ1) is 9.08. The summed E-state index contributed by atoms with van der Waals surface area (Å²) in [5, 5.41) is 19.5. The summed E-state index contributed by atoms with van der Waals surface area (Å²) >= 11 is 0. The van der Waals surface area contributed by atoms with Crippen molar-refractivity contribution in [2.24, 2.45) is 5.73 Å². The molecule has 0 amide bonds. The van der Waals surface area contributed by atoms with Crippen LogP contribution in [0.3, 0.4) is 0 Å². The number of methoxy groups -OCH3 is 1. The molecule has 0 fully saturated rings. The van der Waals surface area contributed by atoms with E-state index in [1.165, 1.54) is 13.2 Å². The number of carbonyl (C=O) groups excluding carboxylic acids is 1. The first kappa shape index (κ1) is 15.4. The van der Waals surface area contributed by atoms with Crippen LogP contribution in [0.5, 0.6) is 0 Å². The Morgan fingerprint density at radius 2 is 2.00 bits per heavy atom. The van der Waals surface area contributed by atoms with E-state index in [0.717, 1.165) is 5.56 Å². The summed E-state index contributed by atoms with van der Waals surface area (Å²) in [5.74, 6) is -0.428. The van der Waals surface area contributed by atoms with Gasteiger partial charge in [0.05, 0.1) is 13.2 Å². The summed E-state index contributed by atoms with van der Waals surface area (Å²) in [7, 11) is 1.31. The average Bonchev–Trinajstić information content (AvgIpc) is 2.44. The molecule has 0 heterocycles. The van der Waals surface area contributed by atoms with Crippen LogP contribution >= 0.6 is 0 Å². The molecule has 0 saturated carbocycles. The van der Waals surface area contributed by atoms with Crippen LogP contribution in [0.25, 0.3) is 6.08 Å². The second-order valence-electron chi connectivity index (χ2n) is 4.11. The fourth-order valence-electron chi connectivity index (χ4n) is 1.59. The number of nitrogens with two attached hydrogens (primary N) is 1. The van der Waals surface area contributed by atoms with E-state index in [1.807, 2.05) is 0 Å². The van der Waals surface area contributed by atoms with Crippen molar-refractivity contribution in [3.05, 3.63) is 41.5 Å². The van der Waals surface area contributed by atoms with E-state index in [0.29, 0.717) is 18.5 Å². The van der Waals surface area contributed by atoms with Crippen molar-refractivity contribution >= 4 is 12.0 Å². The first-order valence-electron chi connectivity index (χ1n) is 6.00. The summed E-state index contributed by atoms with van der Waals surface area (Å²) in [6.07, 6.45) is 1.43. The highest BCUT2D eigenvalue weighted by Crippen LogP contribution is 2.19. The van der Waals surface area contributed by atoms with Gasteiger partial charge in [-0.25, -0.2) is 4.79 Å². The number of esters is 1. The van der Waals surface area contributed by atoms with E-state index in [9.17, 15) is 15.0 Å². The maximum atomic E-state index is 10.9. The summed E-state index contributed by atoms with van der Waals surface area (Å²) in [5.41, 5.74) is 6.73. The van der Waals surface area contributed by atoms with Gasteiger partial charge in [0.15, 0.2) is 0 Å². The first-order valence-corrected chi connectivity index (χ1v) is 6.00. The van der Waals surface area contributed by atoms with Gasteiger partial charge in [-0.1, -0.05) is 24.3 Å². The van der Waals surface area contributed by atoms with Gasteiger partial charge in [-0.15, -0.1) is 0 Å². The smallest absolute Gasteiger partial charge is 0.330 e. The van der Waals surface area contributed by atoms with Crippen molar-refractivity contribution in [1.82, 2.24) is 0 Å². The molecule has 0 radical (unpaired) electrons. The molecule has 2 atom stereocenters. The molecular weight excluding hydrogens is 246 g/mol. The monoisotopic (exact) mass is 265 g/mol. The Hall–Kier alpha value is -1.69. The highest BCUT2D eigenvalue weighted by Gasteiger charge is 2.16. The number of aliphatic hydroxyl groups excluding tert-OH is 2. The molecule has 1 aromatic carbocycles. The van der Waals surface area contributed by atoms with E-state index >= 15 is 0 Å². The van der Waals surface area contributed by atoms with Gasteiger partial charge in [0, 0.05) is 6.08 Å². The molecule has 19 heavy (non-hydrogen) atoms. The van der Waals surface area contributed by atoms with E-state index in [4.69, 9.17) is 5.73 Å². The molecule has 1 rings (SSSR count). The number of hydrogen-bond donors (Lipinski definition) is 3. The van der Waals surface area contributed by atoms with Gasteiger partial charge in [-0.3, -0.25) is 0 Å². The molecule has 0 aliphatic carbocycles. The topological polar surface area (TPSA) is 92.8 Å². The van der Waals surface area contributed by atoms with Gasteiger partial charge in [0.25, 0.3) is 0 Å². The predicted molar refractivity (Wildman–Crippen MR) is 72.1 cm³/mol. The molecular formula is C14H19NO4. The van der Waals surface area contributed by atoms with Gasteiger partial charge in [0.2, 0.25) is 0 Å². The zero-order valence-electron chi connectivity index (χ0n) is 10.8. The third-order valence-corrected chi connectivity index (χ3v) is 2.72. The lowest BCUT2D eigenvalue weighted by atomic mass is 10.0. The van der Waals surface area contributed by atoms with Crippen LogP contribution in [0.4, 0.5) is 0 Å². The molecule has 4 N–H and O–H groups in total. The number of hydrogen-bond acceptors (Lipinski definition) is 5. The number of benzene rings is 1. The van der Waals surface area contributed by atoms with Gasteiger partial charge in [-0.05, 0) is 30.2 Å². The number of ether oxygens (including phenoxy) is 1. The van der Waals surface area contributed by atoms with Crippen LogP contribution in [0, 0.1) is 0 Å². The summed E-state index contributed by atoms with van der Waals surface area (Å²) in [6.45, 7) is 0.318. The van der Waals surface area contributed by atoms with Gasteiger partial charge in [-0.2, -0.15) is 0 Å². The Bertz CT molecular complexity index is 428. The maximum Gasteiger partial charge on any atom is 0.330 e. The standard InChI is InChI=1S/C14H19NO4/c1-19-13(17)7-4-10-2-5-11(6-3-10)14(18)12(16)8-9-15/h2-7,12,14,16,18H,8-9,15H2,1H3/b7-4+. The lowest BCUT2D eigenvalue weighted by molar-refractivity contribution is -0.134. The Kier molecular flexibility index (Phi) is 6.21. The Labute approximate surface area is 112 Å². The quantitative estimate of drug-likeness (QED) is 0.518. The maximum absolute atomic E-state index is 10.9. The minimum absolute atomic E-state index is 0.318. The second-order valence-corrected chi connectivity index (χ2v) is 4.11. The normalized spacial score (nSPS) is 14.3. The van der Waals surface area contributed by atoms with Crippen molar-refractivity contribution in [1.29, 1.82) is 0 Å². The molecule has 0 aliphatic rings. The molecule has 0 aliphatic heterocycles. The van der Waals surface area contributed by atoms with Crippen LogP contribution in [-0.4, -0.2) is 35.9 Å². The number of rotatable bonds is 6. The molecule has 0 saturated heterocycles. The summed E-state index contributed by atoms with van der Waals surface area (Å²) in [4.78, 5) is 10.9. The van der Waals surface area contributed by atoms with E-state index in [2.05, 4.69) is 4.74 Å². The number of aliphatic hydroxyl groups is 2. The SMILES string of the molecule is COC(=O)/C=C/c1ccc(C(O)C(O)CCN)cc1. The lowest BCUT2D eigenvalue weighted by Gasteiger charge is -2.17. The largest absolute Gasteiger partial charge is 0.466 e. The molecule has 2 unspecified atom stereocenters. The highest BCUT2D eigenvalue weighted by atomic mass is 16.5. The van der Waals surface area contributed by atoms with Gasteiger partial charge < -0.3 is 20.7 Å². The molecule has 0 spiro atoms. The van der Waals surface area contributed by atoms with Crippen molar-refractivity contribution in [3.8, 4) is 0 Å². The molecule has 1 aromatic rings. The summed E-state index contributed by atoms with van der Waals surface area (Å²) < 4.78 is 4.48. The van der Waals surface area contributed by atoms with Crippen LogP contribution in [0.1, 0.15) is 23.7 Å². The average molecular weight is 265 g/mol. The van der Waals surface area contributed by atoms with Crippen molar-refractivity contribution in [2.75, 3.05) is 13.7 Å². The molecule has 0 aromatic heterocycles. The zero-order valence-corrected chi connectivity index (χ0v) is 10.8. The molecule has 104 valence electrons. The van der Waals surface area contributed by atoms with Crippen LogP contribution in [0.2, 0.25) is 0 Å². The molecule has 0 bridgehead atoms. The highest BCUT2D eigenvalue weighted by molar-refractivity contribution is 5.86. The predicted octanol–water partition coefficient (Wildman–Crippen LogP) is 0.616. The number of carbonyl (C=O) groups is 1. The fraction of sp³-hybridized carbons (Fsp3) is 0.357. The zero-order chi connectivity index (χ0) is 14.3. The van der Waals surface area contributed by atoms with E-state index in [-0.39, 0.29) is 0 Å². The second kappa shape index (κ2) is 7.68. The Balaban J connectivity index is 2.70. The van der Waals surface area contributed by atoms with E-state index in [1.54, 1.807) is 30.3 Å². The minimum Gasteiger partial charge on any atom is -0.466 e. The molecule has 5 nitrogen and oxygen atoms in total. The van der Waals surface area contributed by atoms with Crippen LogP contribution < -0.4 is 5.73 Å². The lowest BCUT2D eigenvalue weighted by Crippen LogP contribution is -2.21. The summed E-state index contributed by atoms with van der Waals surface area (Å²) in [6, 6.07) is 6.88. The third kappa shape index (κ3) is 4.82. The fourth-order valence-corrected chi connectivity index (χ4v) is 1.59. The Morgan fingerprint density at radius 1 is 1.37 bits per heavy atom. The van der Waals surface area contributed by atoms with Crippen LogP contribution in [-0.2, 0) is 9.53 Å². The van der Waals surface area contributed by atoms with Crippen molar-refractivity contribution < 1.29 is 19.7 Å². The van der Waals surface area contributed by atoms with Crippen molar-refractivity contribution in [3.63, 3.8) is 0 Å². The Morgan fingerprint density at radius 3 is 2.53 bits per heavy atom.